The number of carbonyl (C=O) groups excluding carboxylic acids is 2. The summed E-state index contributed by atoms with van der Waals surface area (Å²) in [6, 6.07) is 17.2. The van der Waals surface area contributed by atoms with Gasteiger partial charge in [0.1, 0.15) is 5.82 Å². The van der Waals surface area contributed by atoms with Gasteiger partial charge in [0.25, 0.3) is 5.91 Å². The van der Waals surface area contributed by atoms with Crippen molar-refractivity contribution in [2.24, 2.45) is 7.05 Å². The second-order valence-corrected chi connectivity index (χ2v) is 7.40. The molecule has 0 unspecified atom stereocenters. The van der Waals surface area contributed by atoms with Gasteiger partial charge >= 0.3 is 0 Å². The molecule has 0 radical (unpaired) electrons. The molecular formula is C23H23FN4O2. The highest BCUT2D eigenvalue weighted by Gasteiger charge is 2.25. The molecule has 0 N–H and O–H groups in total. The van der Waals surface area contributed by atoms with Gasteiger partial charge in [-0.3, -0.25) is 19.2 Å². The van der Waals surface area contributed by atoms with Gasteiger partial charge in [-0.1, -0.05) is 30.3 Å². The Morgan fingerprint density at radius 2 is 1.63 bits per heavy atom. The first kappa shape index (κ1) is 20.0. The van der Waals surface area contributed by atoms with Crippen molar-refractivity contribution in [3.8, 4) is 11.3 Å². The predicted molar refractivity (Wildman–Crippen MR) is 112 cm³/mol. The first-order valence-corrected chi connectivity index (χ1v) is 9.91. The van der Waals surface area contributed by atoms with Crippen LogP contribution in [0.15, 0.2) is 60.7 Å². The fourth-order valence-electron chi connectivity index (χ4n) is 3.65. The number of amides is 1. The van der Waals surface area contributed by atoms with E-state index >= 15 is 0 Å². The number of Topliss-reactive ketones (excluding diaryl/α,β-unsaturated/α-hetero) is 1. The summed E-state index contributed by atoms with van der Waals surface area (Å²) >= 11 is 0. The lowest BCUT2D eigenvalue weighted by atomic mass is 10.1. The zero-order chi connectivity index (χ0) is 21.1. The minimum Gasteiger partial charge on any atom is -0.335 e. The van der Waals surface area contributed by atoms with Crippen molar-refractivity contribution in [1.29, 1.82) is 0 Å². The van der Waals surface area contributed by atoms with Crippen LogP contribution in [0.2, 0.25) is 0 Å². The van der Waals surface area contributed by atoms with E-state index in [0.717, 1.165) is 11.3 Å². The number of hydrogen-bond donors (Lipinski definition) is 0. The maximum atomic E-state index is 13.0. The first-order chi connectivity index (χ1) is 14.5. The summed E-state index contributed by atoms with van der Waals surface area (Å²) in [6.07, 6.45) is 0. The van der Waals surface area contributed by atoms with Crippen molar-refractivity contribution in [3.63, 3.8) is 0 Å². The molecule has 1 amide bonds. The van der Waals surface area contributed by atoms with E-state index in [1.165, 1.54) is 24.3 Å². The first-order valence-electron chi connectivity index (χ1n) is 9.91. The second kappa shape index (κ2) is 8.59. The minimum absolute atomic E-state index is 0.0491. The number of ketones is 1. The zero-order valence-corrected chi connectivity index (χ0v) is 16.8. The van der Waals surface area contributed by atoms with Crippen molar-refractivity contribution in [2.45, 2.75) is 0 Å². The van der Waals surface area contributed by atoms with Crippen molar-refractivity contribution >= 4 is 11.7 Å². The smallest absolute Gasteiger partial charge is 0.274 e. The van der Waals surface area contributed by atoms with Gasteiger partial charge in [0.15, 0.2) is 11.5 Å². The highest BCUT2D eigenvalue weighted by atomic mass is 19.1. The molecule has 0 saturated carbocycles. The molecular weight excluding hydrogens is 383 g/mol. The highest BCUT2D eigenvalue weighted by Crippen LogP contribution is 2.20. The molecule has 1 aliphatic heterocycles. The van der Waals surface area contributed by atoms with Gasteiger partial charge < -0.3 is 4.90 Å². The van der Waals surface area contributed by atoms with Crippen LogP contribution >= 0.6 is 0 Å². The van der Waals surface area contributed by atoms with E-state index in [0.29, 0.717) is 37.4 Å². The molecule has 1 fully saturated rings. The van der Waals surface area contributed by atoms with Gasteiger partial charge in [0, 0.05) is 38.8 Å². The average Bonchev–Trinajstić information content (AvgIpc) is 3.16. The largest absolute Gasteiger partial charge is 0.335 e. The van der Waals surface area contributed by atoms with Gasteiger partial charge in [-0.15, -0.1) is 0 Å². The van der Waals surface area contributed by atoms with Crippen LogP contribution in [-0.4, -0.2) is 64.0 Å². The molecule has 30 heavy (non-hydrogen) atoms. The molecule has 1 aromatic heterocycles. The molecule has 3 aromatic rings. The summed E-state index contributed by atoms with van der Waals surface area (Å²) in [5.41, 5.74) is 2.82. The Hall–Kier alpha value is -3.32. The van der Waals surface area contributed by atoms with Crippen LogP contribution in [0.3, 0.4) is 0 Å². The third-order valence-electron chi connectivity index (χ3n) is 5.36. The van der Waals surface area contributed by atoms with E-state index in [1.807, 2.05) is 48.3 Å². The van der Waals surface area contributed by atoms with E-state index in [-0.39, 0.29) is 24.1 Å². The summed E-state index contributed by atoms with van der Waals surface area (Å²) in [5.74, 6) is -0.507. The molecule has 6 nitrogen and oxygen atoms in total. The van der Waals surface area contributed by atoms with Crippen LogP contribution in [-0.2, 0) is 7.05 Å². The number of halogens is 1. The summed E-state index contributed by atoms with van der Waals surface area (Å²) in [6.45, 7) is 2.54. The summed E-state index contributed by atoms with van der Waals surface area (Å²) in [7, 11) is 1.83. The number of aromatic nitrogens is 2. The number of rotatable bonds is 5. The van der Waals surface area contributed by atoms with Gasteiger partial charge in [0.2, 0.25) is 0 Å². The lowest BCUT2D eigenvalue weighted by Crippen LogP contribution is -2.50. The maximum Gasteiger partial charge on any atom is 0.274 e. The summed E-state index contributed by atoms with van der Waals surface area (Å²) in [5, 5.41) is 4.40. The number of nitrogens with zero attached hydrogens (tertiary/aromatic N) is 4. The van der Waals surface area contributed by atoms with Crippen LogP contribution in [0, 0.1) is 5.82 Å². The molecule has 2 heterocycles. The minimum atomic E-state index is -0.358. The number of aryl methyl sites for hydroxylation is 1. The Bertz CT molecular complexity index is 1040. The fourth-order valence-corrected chi connectivity index (χ4v) is 3.65. The molecule has 4 rings (SSSR count). The number of carbonyl (C=O) groups is 2. The standard InChI is InChI=1S/C23H23FN4O2/c1-26-21(17-5-3-2-4-6-17)15-20(25-26)23(30)28-13-11-27(12-14-28)16-22(29)18-7-9-19(24)10-8-18/h2-10,15H,11-14,16H2,1H3. The normalized spacial score (nSPS) is 14.7. The molecule has 0 atom stereocenters. The molecule has 0 bridgehead atoms. The van der Waals surface area contributed by atoms with E-state index < -0.39 is 0 Å². The lowest BCUT2D eigenvalue weighted by Gasteiger charge is -2.34. The van der Waals surface area contributed by atoms with Crippen molar-refractivity contribution in [2.75, 3.05) is 32.7 Å². The van der Waals surface area contributed by atoms with E-state index in [1.54, 1.807) is 9.58 Å². The van der Waals surface area contributed by atoms with Crippen LogP contribution in [0.25, 0.3) is 11.3 Å². The third kappa shape index (κ3) is 4.31. The Labute approximate surface area is 174 Å². The van der Waals surface area contributed by atoms with Crippen LogP contribution in [0.1, 0.15) is 20.8 Å². The van der Waals surface area contributed by atoms with Gasteiger partial charge in [-0.25, -0.2) is 4.39 Å². The van der Waals surface area contributed by atoms with Crippen molar-refractivity contribution < 1.29 is 14.0 Å². The fraction of sp³-hybridized carbons (Fsp3) is 0.261. The predicted octanol–water partition coefficient (Wildman–Crippen LogP) is 2.87. The van der Waals surface area contributed by atoms with Crippen LogP contribution in [0.4, 0.5) is 4.39 Å². The molecule has 1 saturated heterocycles. The maximum absolute atomic E-state index is 13.0. The van der Waals surface area contributed by atoms with Gasteiger partial charge in [0.05, 0.1) is 12.2 Å². The SMILES string of the molecule is Cn1nc(C(=O)N2CCN(CC(=O)c3ccc(F)cc3)CC2)cc1-c1ccccc1. The molecule has 7 heteroatoms. The highest BCUT2D eigenvalue weighted by molar-refractivity contribution is 5.97. The molecule has 1 aliphatic rings. The number of benzene rings is 2. The summed E-state index contributed by atoms with van der Waals surface area (Å²) < 4.78 is 14.7. The summed E-state index contributed by atoms with van der Waals surface area (Å²) in [4.78, 5) is 29.1. The van der Waals surface area contributed by atoms with Crippen LogP contribution in [0.5, 0.6) is 0 Å². The van der Waals surface area contributed by atoms with E-state index in [9.17, 15) is 14.0 Å². The van der Waals surface area contributed by atoms with E-state index in [4.69, 9.17) is 0 Å². The Morgan fingerprint density at radius 3 is 2.30 bits per heavy atom. The Balaban J connectivity index is 1.36. The van der Waals surface area contributed by atoms with Gasteiger partial charge in [-0.05, 0) is 35.9 Å². The number of piperazine rings is 1. The third-order valence-corrected chi connectivity index (χ3v) is 5.36. The lowest BCUT2D eigenvalue weighted by molar-refractivity contribution is 0.0618. The molecule has 0 spiro atoms. The van der Waals surface area contributed by atoms with Gasteiger partial charge in [-0.2, -0.15) is 5.10 Å². The van der Waals surface area contributed by atoms with Crippen LogP contribution < -0.4 is 0 Å². The topological polar surface area (TPSA) is 58.4 Å². The zero-order valence-electron chi connectivity index (χ0n) is 16.8. The molecule has 154 valence electrons. The van der Waals surface area contributed by atoms with Crippen molar-refractivity contribution in [3.05, 3.63) is 77.7 Å². The monoisotopic (exact) mass is 406 g/mol. The van der Waals surface area contributed by atoms with Crippen molar-refractivity contribution in [1.82, 2.24) is 19.6 Å². The Morgan fingerprint density at radius 1 is 0.967 bits per heavy atom. The molecule has 2 aromatic carbocycles. The van der Waals surface area contributed by atoms with E-state index in [2.05, 4.69) is 5.10 Å². The quantitative estimate of drug-likeness (QED) is 0.612. The second-order valence-electron chi connectivity index (χ2n) is 7.40. The average molecular weight is 406 g/mol. The molecule has 0 aliphatic carbocycles. The Kier molecular flexibility index (Phi) is 5.72. The number of hydrogen-bond acceptors (Lipinski definition) is 4.